The van der Waals surface area contributed by atoms with Crippen molar-refractivity contribution in [3.05, 3.63) is 46.2 Å². The Morgan fingerprint density at radius 2 is 2.32 bits per heavy atom. The topological polar surface area (TPSA) is 116 Å². The molecule has 8 nitrogen and oxygen atoms in total. The molecule has 1 aliphatic carbocycles. The first-order valence-corrected chi connectivity index (χ1v) is 11.0. The number of furan rings is 1. The smallest absolute Gasteiger partial charge is 0.409 e. The summed E-state index contributed by atoms with van der Waals surface area (Å²) in [5, 5.41) is 22.5. The second-order valence-electron chi connectivity index (χ2n) is 7.73. The third kappa shape index (κ3) is 4.98. The number of β-amino-alcohol motifs (C(OH)–C–C–N with tert-alkyl or cyclic N) is 1. The number of carbonyl (C=O) groups is 2. The fraction of sp³-hybridized carbons (Fsp3) is 0.409. The average Bonchev–Trinajstić information content (AvgIpc) is 3.50. The number of nitriles is 1. The maximum absolute atomic E-state index is 12.3. The molecule has 2 aliphatic rings. The minimum absolute atomic E-state index is 0.163. The number of anilines is 1. The molecule has 2 unspecified atom stereocenters. The number of likely N-dealkylation sites (tertiary alicyclic amines) is 1. The number of thiophene rings is 1. The van der Waals surface area contributed by atoms with Crippen LogP contribution >= 0.6 is 11.3 Å². The first kappa shape index (κ1) is 21.2. The molecule has 162 valence electrons. The van der Waals surface area contributed by atoms with Crippen molar-refractivity contribution in [2.75, 3.05) is 25.0 Å². The number of rotatable bonds is 5. The summed E-state index contributed by atoms with van der Waals surface area (Å²) in [6, 6.07) is 5.70. The number of hydrogen-bond acceptors (Lipinski definition) is 7. The summed E-state index contributed by atoms with van der Waals surface area (Å²) in [5.74, 6) is 0.406. The summed E-state index contributed by atoms with van der Waals surface area (Å²) >= 11 is 1.41. The first-order valence-electron chi connectivity index (χ1n) is 10.2. The van der Waals surface area contributed by atoms with E-state index in [0.717, 1.165) is 16.9 Å². The molecular weight excluding hydrogens is 418 g/mol. The highest BCUT2D eigenvalue weighted by Gasteiger charge is 2.29. The third-order valence-electron chi connectivity index (χ3n) is 5.52. The molecule has 2 aromatic rings. The minimum atomic E-state index is -0.470. The quantitative estimate of drug-likeness (QED) is 0.689. The van der Waals surface area contributed by atoms with Gasteiger partial charge in [-0.15, -0.1) is 11.3 Å². The van der Waals surface area contributed by atoms with Crippen molar-refractivity contribution >= 4 is 34.4 Å². The Hall–Kier alpha value is -3.09. The van der Waals surface area contributed by atoms with Crippen LogP contribution in [0.5, 0.6) is 0 Å². The zero-order chi connectivity index (χ0) is 21.8. The lowest BCUT2D eigenvalue weighted by atomic mass is 9.88. The number of nitrogens with one attached hydrogen (secondary N) is 1. The summed E-state index contributed by atoms with van der Waals surface area (Å²) in [7, 11) is 0. The molecule has 0 spiro atoms. The lowest BCUT2D eigenvalue weighted by molar-refractivity contribution is -0.111. The molecule has 2 N–H and O–H groups in total. The molecule has 0 radical (unpaired) electrons. The van der Waals surface area contributed by atoms with Crippen LogP contribution in [-0.2, 0) is 22.4 Å². The van der Waals surface area contributed by atoms with Gasteiger partial charge in [-0.3, -0.25) is 4.79 Å². The molecular formula is C22H23N3O5S. The standard InChI is InChI=1S/C22H23N3O5S/c23-11-18-17-5-3-14(13-30-22(28)25-8-7-15(26)12-25)10-19(17)31-21(18)24-20(27)6-4-16-2-1-9-29-16/h1-2,4,6,9,14-15,26H,3,5,7-8,10,12-13H2,(H,24,27). The van der Waals surface area contributed by atoms with Gasteiger partial charge in [0.15, 0.2) is 0 Å². The van der Waals surface area contributed by atoms with Gasteiger partial charge in [0.1, 0.15) is 16.8 Å². The van der Waals surface area contributed by atoms with Crippen molar-refractivity contribution in [2.24, 2.45) is 5.92 Å². The Balaban J connectivity index is 1.36. The second-order valence-corrected chi connectivity index (χ2v) is 8.84. The average molecular weight is 442 g/mol. The summed E-state index contributed by atoms with van der Waals surface area (Å²) in [5.41, 5.74) is 1.49. The molecule has 0 bridgehead atoms. The molecule has 2 atom stereocenters. The van der Waals surface area contributed by atoms with Crippen molar-refractivity contribution in [3.8, 4) is 6.07 Å². The number of fused-ring (bicyclic) bond motifs is 1. The summed E-state index contributed by atoms with van der Waals surface area (Å²) in [4.78, 5) is 27.0. The van der Waals surface area contributed by atoms with Crippen LogP contribution in [0.15, 0.2) is 28.9 Å². The van der Waals surface area contributed by atoms with Gasteiger partial charge in [0.2, 0.25) is 5.91 Å². The van der Waals surface area contributed by atoms with E-state index < -0.39 is 6.10 Å². The van der Waals surface area contributed by atoms with Crippen LogP contribution in [0.4, 0.5) is 9.80 Å². The van der Waals surface area contributed by atoms with Crippen LogP contribution in [0.1, 0.15) is 34.6 Å². The molecule has 3 heterocycles. The van der Waals surface area contributed by atoms with Gasteiger partial charge in [0.25, 0.3) is 0 Å². The minimum Gasteiger partial charge on any atom is -0.465 e. The molecule has 2 amide bonds. The Bertz CT molecular complexity index is 1020. The van der Waals surface area contributed by atoms with Crippen LogP contribution in [0, 0.1) is 17.2 Å². The SMILES string of the molecule is N#Cc1c(NC(=O)C=Cc2ccco2)sc2c1CCC(COC(=O)N1CCC(O)C1)C2. The van der Waals surface area contributed by atoms with Gasteiger partial charge < -0.3 is 24.5 Å². The van der Waals surface area contributed by atoms with Crippen LogP contribution in [-0.4, -0.2) is 47.8 Å². The van der Waals surface area contributed by atoms with Crippen LogP contribution in [0.25, 0.3) is 6.08 Å². The van der Waals surface area contributed by atoms with Crippen molar-refractivity contribution in [1.29, 1.82) is 5.26 Å². The van der Waals surface area contributed by atoms with Gasteiger partial charge in [-0.25, -0.2) is 4.79 Å². The van der Waals surface area contributed by atoms with E-state index in [2.05, 4.69) is 11.4 Å². The molecule has 0 saturated carbocycles. The van der Waals surface area contributed by atoms with Gasteiger partial charge in [0.05, 0.1) is 24.5 Å². The summed E-state index contributed by atoms with van der Waals surface area (Å²) < 4.78 is 10.6. The van der Waals surface area contributed by atoms with Crippen LogP contribution in [0.2, 0.25) is 0 Å². The van der Waals surface area contributed by atoms with E-state index in [1.165, 1.54) is 28.6 Å². The molecule has 9 heteroatoms. The highest BCUT2D eigenvalue weighted by atomic mass is 32.1. The molecule has 2 aromatic heterocycles. The van der Waals surface area contributed by atoms with E-state index in [0.29, 0.717) is 55.3 Å². The lowest BCUT2D eigenvalue weighted by Crippen LogP contribution is -2.32. The number of nitrogens with zero attached hydrogens (tertiary/aromatic N) is 2. The largest absolute Gasteiger partial charge is 0.465 e. The predicted molar refractivity (Wildman–Crippen MR) is 114 cm³/mol. The van der Waals surface area contributed by atoms with Crippen molar-refractivity contribution in [1.82, 2.24) is 4.90 Å². The highest BCUT2D eigenvalue weighted by Crippen LogP contribution is 2.39. The monoisotopic (exact) mass is 441 g/mol. The summed E-state index contributed by atoms with van der Waals surface area (Å²) in [6.07, 6.45) is 6.40. The van der Waals surface area contributed by atoms with Gasteiger partial charge >= 0.3 is 6.09 Å². The zero-order valence-electron chi connectivity index (χ0n) is 16.9. The van der Waals surface area contributed by atoms with Gasteiger partial charge in [-0.2, -0.15) is 5.26 Å². The summed E-state index contributed by atoms with van der Waals surface area (Å²) in [6.45, 7) is 1.14. The second kappa shape index (κ2) is 9.37. The van der Waals surface area contributed by atoms with E-state index in [-0.39, 0.29) is 17.9 Å². The van der Waals surface area contributed by atoms with Gasteiger partial charge in [-0.1, -0.05) is 0 Å². The van der Waals surface area contributed by atoms with Crippen LogP contribution < -0.4 is 5.32 Å². The van der Waals surface area contributed by atoms with Crippen molar-refractivity contribution in [2.45, 2.75) is 31.8 Å². The first-order chi connectivity index (χ1) is 15.0. The Kier molecular flexibility index (Phi) is 6.39. The van der Waals surface area contributed by atoms with E-state index in [1.807, 2.05) is 0 Å². The normalized spacial score (nSPS) is 20.5. The molecule has 31 heavy (non-hydrogen) atoms. The van der Waals surface area contributed by atoms with E-state index >= 15 is 0 Å². The van der Waals surface area contributed by atoms with E-state index in [1.54, 1.807) is 18.2 Å². The number of ether oxygens (including phenoxy) is 1. The molecule has 1 fully saturated rings. The van der Waals surface area contributed by atoms with Crippen LogP contribution in [0.3, 0.4) is 0 Å². The van der Waals surface area contributed by atoms with Crippen molar-refractivity contribution < 1.29 is 23.8 Å². The number of amides is 2. The number of carbonyl (C=O) groups excluding carboxylic acids is 2. The fourth-order valence-electron chi connectivity index (χ4n) is 3.89. The molecule has 0 aromatic carbocycles. The van der Waals surface area contributed by atoms with Gasteiger partial charge in [-0.05, 0) is 55.4 Å². The fourth-order valence-corrected chi connectivity index (χ4v) is 5.20. The third-order valence-corrected chi connectivity index (χ3v) is 6.69. The molecule has 1 aliphatic heterocycles. The van der Waals surface area contributed by atoms with Gasteiger partial charge in [0, 0.05) is 24.0 Å². The van der Waals surface area contributed by atoms with Crippen molar-refractivity contribution in [3.63, 3.8) is 0 Å². The zero-order valence-corrected chi connectivity index (χ0v) is 17.7. The number of aliphatic hydroxyl groups is 1. The number of hydrogen-bond donors (Lipinski definition) is 2. The highest BCUT2D eigenvalue weighted by molar-refractivity contribution is 7.16. The number of aliphatic hydroxyl groups excluding tert-OH is 1. The maximum atomic E-state index is 12.3. The Morgan fingerprint density at radius 3 is 3.03 bits per heavy atom. The predicted octanol–water partition coefficient (Wildman–Crippen LogP) is 3.17. The van der Waals surface area contributed by atoms with E-state index in [9.17, 15) is 20.0 Å². The molecule has 4 rings (SSSR count). The lowest BCUT2D eigenvalue weighted by Gasteiger charge is -2.23. The van der Waals surface area contributed by atoms with E-state index in [4.69, 9.17) is 9.15 Å². The Labute approximate surface area is 183 Å². The molecule has 1 saturated heterocycles. The Morgan fingerprint density at radius 1 is 1.45 bits per heavy atom. The maximum Gasteiger partial charge on any atom is 0.409 e.